The number of nitrogens with zero attached hydrogens (tertiary/aromatic N) is 1. The first kappa shape index (κ1) is 15.3. The fraction of sp³-hybridized carbons (Fsp3) is 0.571. The van der Waals surface area contributed by atoms with Crippen molar-refractivity contribution in [1.29, 1.82) is 0 Å². The van der Waals surface area contributed by atoms with Crippen molar-refractivity contribution < 1.29 is 8.42 Å². The summed E-state index contributed by atoms with van der Waals surface area (Å²) in [4.78, 5) is 2.43. The molecule has 112 valence electrons. The molecule has 0 saturated carbocycles. The number of fused-ring (bicyclic) bond motifs is 1. The Morgan fingerprint density at radius 2 is 2.20 bits per heavy atom. The Bertz CT molecular complexity index is 558. The molecule has 2 rings (SSSR count). The molecule has 2 N–H and O–H groups in total. The van der Waals surface area contributed by atoms with Gasteiger partial charge in [0.1, 0.15) is 0 Å². The van der Waals surface area contributed by atoms with Gasteiger partial charge in [0.25, 0.3) is 0 Å². The zero-order chi connectivity index (χ0) is 14.6. The monoisotopic (exact) mass is 297 g/mol. The van der Waals surface area contributed by atoms with E-state index in [1.807, 2.05) is 20.0 Å². The topological polar surface area (TPSA) is 61.4 Å². The number of nitrogens with one attached hydrogen (secondary N) is 2. The number of rotatable bonds is 6. The zero-order valence-electron chi connectivity index (χ0n) is 12.1. The molecule has 5 nitrogen and oxygen atoms in total. The molecule has 6 heteroatoms. The molecule has 0 aliphatic carbocycles. The Morgan fingerprint density at radius 1 is 1.40 bits per heavy atom. The van der Waals surface area contributed by atoms with E-state index in [0.717, 1.165) is 37.2 Å². The highest BCUT2D eigenvalue weighted by atomic mass is 32.2. The number of aryl methyl sites for hydroxylation is 1. The lowest BCUT2D eigenvalue weighted by Gasteiger charge is -2.19. The van der Waals surface area contributed by atoms with Crippen LogP contribution in [0.1, 0.15) is 18.9 Å². The van der Waals surface area contributed by atoms with Crippen LogP contribution < -0.4 is 10.0 Å². The van der Waals surface area contributed by atoms with Crippen LogP contribution in [0.4, 0.5) is 5.69 Å². The summed E-state index contributed by atoms with van der Waals surface area (Å²) in [5, 5.41) is 3.29. The Balaban J connectivity index is 2.05. The number of sulfonamides is 1. The first-order valence-corrected chi connectivity index (χ1v) is 8.56. The fourth-order valence-corrected chi connectivity index (χ4v) is 3.30. The second-order valence-corrected chi connectivity index (χ2v) is 6.91. The van der Waals surface area contributed by atoms with Crippen molar-refractivity contribution in [1.82, 2.24) is 9.62 Å². The van der Waals surface area contributed by atoms with Gasteiger partial charge in [-0.05, 0) is 50.2 Å². The minimum atomic E-state index is -3.40. The molecule has 1 aliphatic heterocycles. The number of benzene rings is 1. The second-order valence-electron chi connectivity index (χ2n) is 5.14. The highest BCUT2D eigenvalue weighted by molar-refractivity contribution is 7.89. The molecular formula is C14H23N3O2S. The predicted octanol–water partition coefficient (Wildman–Crippen LogP) is 1.27. The maximum Gasteiger partial charge on any atom is 0.240 e. The predicted molar refractivity (Wildman–Crippen MR) is 81.6 cm³/mol. The van der Waals surface area contributed by atoms with Crippen molar-refractivity contribution in [2.75, 3.05) is 38.5 Å². The molecule has 0 unspecified atom stereocenters. The average molecular weight is 297 g/mol. The van der Waals surface area contributed by atoms with Crippen LogP contribution in [0.2, 0.25) is 0 Å². The van der Waals surface area contributed by atoms with E-state index in [2.05, 4.69) is 14.9 Å². The molecular weight excluding hydrogens is 274 g/mol. The largest absolute Gasteiger partial charge is 0.385 e. The van der Waals surface area contributed by atoms with Gasteiger partial charge in [0.15, 0.2) is 0 Å². The molecule has 0 amide bonds. The quantitative estimate of drug-likeness (QED) is 0.830. The summed E-state index contributed by atoms with van der Waals surface area (Å²) in [7, 11) is -1.43. The second kappa shape index (κ2) is 6.56. The van der Waals surface area contributed by atoms with Gasteiger partial charge < -0.3 is 10.2 Å². The number of hydrogen-bond acceptors (Lipinski definition) is 4. The van der Waals surface area contributed by atoms with Gasteiger partial charge in [0, 0.05) is 25.3 Å². The van der Waals surface area contributed by atoms with Crippen LogP contribution in [0.3, 0.4) is 0 Å². The van der Waals surface area contributed by atoms with E-state index in [-0.39, 0.29) is 0 Å². The minimum Gasteiger partial charge on any atom is -0.385 e. The van der Waals surface area contributed by atoms with Crippen molar-refractivity contribution in [2.45, 2.75) is 24.7 Å². The standard InChI is InChI=1S/C14H23N3O2S/c1-3-17(2)10-9-16-20(18,19)13-6-7-14-12(11-13)5-4-8-15-14/h6-7,11,15-16H,3-5,8-10H2,1-2H3. The molecule has 1 aliphatic rings. The highest BCUT2D eigenvalue weighted by Gasteiger charge is 2.17. The summed E-state index contributed by atoms with van der Waals surface area (Å²) in [6.07, 6.45) is 1.98. The molecule has 0 aromatic heterocycles. The van der Waals surface area contributed by atoms with Gasteiger partial charge in [0.05, 0.1) is 4.90 Å². The minimum absolute atomic E-state index is 0.360. The van der Waals surface area contributed by atoms with Gasteiger partial charge in [-0.2, -0.15) is 0 Å². The van der Waals surface area contributed by atoms with Crippen LogP contribution in [-0.2, 0) is 16.4 Å². The molecule has 0 saturated heterocycles. The van der Waals surface area contributed by atoms with Gasteiger partial charge in [0.2, 0.25) is 10.0 Å². The van der Waals surface area contributed by atoms with Gasteiger partial charge in [-0.25, -0.2) is 13.1 Å². The van der Waals surface area contributed by atoms with Crippen molar-refractivity contribution in [3.63, 3.8) is 0 Å². The Hall–Kier alpha value is -1.11. The Kier molecular flexibility index (Phi) is 5.01. The summed E-state index contributed by atoms with van der Waals surface area (Å²) in [6, 6.07) is 5.32. The van der Waals surface area contributed by atoms with Gasteiger partial charge >= 0.3 is 0 Å². The van der Waals surface area contributed by atoms with Gasteiger partial charge in [-0.15, -0.1) is 0 Å². The lowest BCUT2D eigenvalue weighted by molar-refractivity contribution is 0.358. The van der Waals surface area contributed by atoms with Gasteiger partial charge in [-0.1, -0.05) is 6.92 Å². The summed E-state index contributed by atoms with van der Waals surface area (Å²) in [6.45, 7) is 5.06. The molecule has 1 aromatic carbocycles. The van der Waals surface area contributed by atoms with Crippen LogP contribution in [0, 0.1) is 0 Å². The van der Waals surface area contributed by atoms with Crippen molar-refractivity contribution >= 4 is 15.7 Å². The summed E-state index contributed by atoms with van der Waals surface area (Å²) in [5.41, 5.74) is 2.14. The molecule has 0 spiro atoms. The first-order valence-electron chi connectivity index (χ1n) is 7.08. The zero-order valence-corrected chi connectivity index (χ0v) is 13.0. The van der Waals surface area contributed by atoms with E-state index < -0.39 is 10.0 Å². The SMILES string of the molecule is CCN(C)CCNS(=O)(=O)c1ccc2c(c1)CCCN2. The average Bonchev–Trinajstić information content (AvgIpc) is 2.46. The Labute approximate surface area is 121 Å². The normalized spacial score (nSPS) is 14.9. The smallest absolute Gasteiger partial charge is 0.240 e. The number of anilines is 1. The molecule has 0 fully saturated rings. The molecule has 0 radical (unpaired) electrons. The lowest BCUT2D eigenvalue weighted by atomic mass is 10.0. The van der Waals surface area contributed by atoms with Crippen LogP contribution in [0.15, 0.2) is 23.1 Å². The molecule has 1 aromatic rings. The van der Waals surface area contributed by atoms with E-state index in [9.17, 15) is 8.42 Å². The van der Waals surface area contributed by atoms with E-state index in [1.165, 1.54) is 0 Å². The van der Waals surface area contributed by atoms with Gasteiger partial charge in [-0.3, -0.25) is 0 Å². The lowest BCUT2D eigenvalue weighted by Crippen LogP contribution is -2.33. The highest BCUT2D eigenvalue weighted by Crippen LogP contribution is 2.24. The Morgan fingerprint density at radius 3 is 2.95 bits per heavy atom. The summed E-state index contributed by atoms with van der Waals surface area (Å²) < 4.78 is 27.1. The van der Waals surface area contributed by atoms with Crippen molar-refractivity contribution in [3.05, 3.63) is 23.8 Å². The summed E-state index contributed by atoms with van der Waals surface area (Å²) in [5.74, 6) is 0. The maximum absolute atomic E-state index is 12.2. The fourth-order valence-electron chi connectivity index (χ4n) is 2.23. The van der Waals surface area contributed by atoms with E-state index >= 15 is 0 Å². The van der Waals surface area contributed by atoms with E-state index in [0.29, 0.717) is 18.0 Å². The van der Waals surface area contributed by atoms with Crippen LogP contribution >= 0.6 is 0 Å². The van der Waals surface area contributed by atoms with Crippen LogP contribution in [0.5, 0.6) is 0 Å². The summed E-state index contributed by atoms with van der Waals surface area (Å²) >= 11 is 0. The van der Waals surface area contributed by atoms with Crippen molar-refractivity contribution in [3.8, 4) is 0 Å². The third-order valence-corrected chi connectivity index (χ3v) is 5.11. The molecule has 20 heavy (non-hydrogen) atoms. The van der Waals surface area contributed by atoms with E-state index in [4.69, 9.17) is 0 Å². The molecule has 0 atom stereocenters. The molecule has 0 bridgehead atoms. The number of hydrogen-bond donors (Lipinski definition) is 2. The molecule has 1 heterocycles. The van der Waals surface area contributed by atoms with Crippen LogP contribution in [0.25, 0.3) is 0 Å². The van der Waals surface area contributed by atoms with E-state index in [1.54, 1.807) is 12.1 Å². The first-order chi connectivity index (χ1) is 9.53. The third-order valence-electron chi connectivity index (χ3n) is 3.65. The van der Waals surface area contributed by atoms with Crippen molar-refractivity contribution in [2.24, 2.45) is 0 Å². The number of likely N-dealkylation sites (N-methyl/N-ethyl adjacent to an activating group) is 1. The van der Waals surface area contributed by atoms with Crippen LogP contribution in [-0.4, -0.2) is 46.5 Å². The maximum atomic E-state index is 12.2. The third kappa shape index (κ3) is 3.71.